The van der Waals surface area contributed by atoms with E-state index in [-0.39, 0.29) is 17.7 Å². The van der Waals surface area contributed by atoms with Gasteiger partial charge < -0.3 is 0 Å². The summed E-state index contributed by atoms with van der Waals surface area (Å²) in [4.78, 5) is 13.6. The Morgan fingerprint density at radius 1 is 1.57 bits per heavy atom. The third kappa shape index (κ3) is 1.87. The molecule has 0 fully saturated rings. The van der Waals surface area contributed by atoms with Crippen LogP contribution in [0, 0.1) is 5.82 Å². The van der Waals surface area contributed by atoms with Crippen LogP contribution >= 0.6 is 11.6 Å². The number of hydrogen-bond acceptors (Lipinski definition) is 2. The molecule has 76 valence electrons. The molecule has 14 heavy (non-hydrogen) atoms. The normalized spacial score (nSPS) is 10.6. The maximum Gasteiger partial charge on any atom is 0.281 e. The Bertz CT molecular complexity index is 357. The Kier molecular flexibility index (Phi) is 3.46. The van der Waals surface area contributed by atoms with Crippen LogP contribution in [-0.2, 0) is 5.88 Å². The second kappa shape index (κ2) is 4.41. The topological polar surface area (TPSA) is 30.0 Å². The van der Waals surface area contributed by atoms with Crippen LogP contribution in [-0.4, -0.2) is 11.3 Å². The molecular weight excluding hydrogens is 219 g/mol. The van der Waals surface area contributed by atoms with E-state index in [0.29, 0.717) is 6.20 Å². The number of pyridine rings is 1. The average Bonchev–Trinajstić information content (AvgIpc) is 2.16. The molecule has 0 amide bonds. The summed E-state index contributed by atoms with van der Waals surface area (Å²) in [5.74, 6) is -1.20. The van der Waals surface area contributed by atoms with Crippen molar-refractivity contribution in [2.75, 3.05) is 0 Å². The fourth-order valence-corrected chi connectivity index (χ4v) is 1.27. The summed E-state index contributed by atoms with van der Waals surface area (Å²) in [6.45, 7) is 0. The average molecular weight is 224 g/mol. The molecule has 0 spiro atoms. The maximum absolute atomic E-state index is 12.9. The van der Waals surface area contributed by atoms with Gasteiger partial charge in [-0.05, 0) is 0 Å². The molecule has 1 rings (SSSR count). The Morgan fingerprint density at radius 3 is 2.64 bits per heavy atom. The first kappa shape index (κ1) is 11.0. The predicted molar refractivity (Wildman–Crippen MR) is 44.1 cm³/mol. The summed E-state index contributed by atoms with van der Waals surface area (Å²) >= 11 is 5.32. The molecule has 0 atom stereocenters. The second-order valence-corrected chi connectivity index (χ2v) is 2.70. The van der Waals surface area contributed by atoms with E-state index in [1.165, 1.54) is 0 Å². The van der Waals surface area contributed by atoms with Gasteiger partial charge in [-0.15, -0.1) is 11.6 Å². The van der Waals surface area contributed by atoms with Crippen LogP contribution in [0.3, 0.4) is 0 Å². The van der Waals surface area contributed by atoms with Crippen LogP contribution in [0.1, 0.15) is 28.0 Å². The van der Waals surface area contributed by atoms with Gasteiger partial charge in [0.2, 0.25) is 0 Å². The van der Waals surface area contributed by atoms with Gasteiger partial charge in [-0.1, -0.05) is 0 Å². The molecule has 0 aliphatic heterocycles. The smallest absolute Gasteiger partial charge is 0.281 e. The molecule has 0 saturated heterocycles. The highest BCUT2D eigenvalue weighted by molar-refractivity contribution is 6.17. The third-order valence-corrected chi connectivity index (χ3v) is 1.93. The molecule has 2 nitrogen and oxygen atoms in total. The van der Waals surface area contributed by atoms with Gasteiger partial charge in [-0.2, -0.15) is 0 Å². The van der Waals surface area contributed by atoms with E-state index in [9.17, 15) is 18.0 Å². The Morgan fingerprint density at radius 2 is 2.21 bits per heavy atom. The van der Waals surface area contributed by atoms with Crippen molar-refractivity contribution in [2.45, 2.75) is 12.3 Å². The molecule has 0 aliphatic carbocycles. The summed E-state index contributed by atoms with van der Waals surface area (Å²) < 4.78 is 37.5. The van der Waals surface area contributed by atoms with Gasteiger partial charge in [0.25, 0.3) is 6.43 Å². The number of aromatic nitrogens is 1. The highest BCUT2D eigenvalue weighted by Gasteiger charge is 2.19. The zero-order valence-corrected chi connectivity index (χ0v) is 7.56. The summed E-state index contributed by atoms with van der Waals surface area (Å²) in [7, 11) is 0. The highest BCUT2D eigenvalue weighted by Crippen LogP contribution is 2.24. The molecule has 0 bridgehead atoms. The SMILES string of the molecule is O=Cc1c(C(F)F)ncc(F)c1CCl. The minimum atomic E-state index is -2.92. The number of rotatable bonds is 3. The Balaban J connectivity index is 3.40. The molecule has 0 aliphatic rings. The van der Waals surface area contributed by atoms with Gasteiger partial charge in [0.15, 0.2) is 6.29 Å². The van der Waals surface area contributed by atoms with Gasteiger partial charge in [0, 0.05) is 11.1 Å². The van der Waals surface area contributed by atoms with Gasteiger partial charge in [-0.25, -0.2) is 13.2 Å². The fourth-order valence-electron chi connectivity index (χ4n) is 0.998. The first-order valence-electron chi connectivity index (χ1n) is 3.58. The van der Waals surface area contributed by atoms with E-state index < -0.39 is 23.5 Å². The fraction of sp³-hybridized carbons (Fsp3) is 0.250. The lowest BCUT2D eigenvalue weighted by Gasteiger charge is -2.07. The van der Waals surface area contributed by atoms with Gasteiger partial charge in [-0.3, -0.25) is 9.78 Å². The lowest BCUT2D eigenvalue weighted by molar-refractivity contribution is 0.110. The zero-order chi connectivity index (χ0) is 10.7. The number of carbonyl (C=O) groups excluding carboxylic acids is 1. The Labute approximate surface area is 82.7 Å². The predicted octanol–water partition coefficient (Wildman–Crippen LogP) is 2.71. The van der Waals surface area contributed by atoms with Crippen molar-refractivity contribution < 1.29 is 18.0 Å². The van der Waals surface area contributed by atoms with Crippen LogP contribution in [0.4, 0.5) is 13.2 Å². The molecule has 1 aromatic heterocycles. The molecule has 0 saturated carbocycles. The second-order valence-electron chi connectivity index (χ2n) is 2.44. The van der Waals surface area contributed by atoms with Crippen molar-refractivity contribution in [1.82, 2.24) is 4.98 Å². The van der Waals surface area contributed by atoms with Crippen LogP contribution in [0.5, 0.6) is 0 Å². The quantitative estimate of drug-likeness (QED) is 0.583. The van der Waals surface area contributed by atoms with Crippen molar-refractivity contribution in [1.29, 1.82) is 0 Å². The van der Waals surface area contributed by atoms with Crippen LogP contribution in [0.25, 0.3) is 0 Å². The molecule has 6 heteroatoms. The number of hydrogen-bond donors (Lipinski definition) is 0. The van der Waals surface area contributed by atoms with E-state index >= 15 is 0 Å². The molecule has 1 aromatic rings. The van der Waals surface area contributed by atoms with E-state index in [1.807, 2.05) is 0 Å². The molecule has 0 radical (unpaired) electrons. The van der Waals surface area contributed by atoms with Crippen LogP contribution in [0.15, 0.2) is 6.20 Å². The van der Waals surface area contributed by atoms with Gasteiger partial charge in [0.05, 0.1) is 12.1 Å². The van der Waals surface area contributed by atoms with E-state index in [2.05, 4.69) is 4.98 Å². The Hall–Kier alpha value is -1.10. The van der Waals surface area contributed by atoms with Crippen molar-refractivity contribution in [3.8, 4) is 0 Å². The largest absolute Gasteiger partial charge is 0.298 e. The van der Waals surface area contributed by atoms with Crippen LogP contribution in [0.2, 0.25) is 0 Å². The maximum atomic E-state index is 12.9. The van der Waals surface area contributed by atoms with Crippen molar-refractivity contribution in [3.63, 3.8) is 0 Å². The first-order chi connectivity index (χ1) is 6.61. The number of alkyl halides is 3. The number of aldehydes is 1. The van der Waals surface area contributed by atoms with E-state index in [0.717, 1.165) is 0 Å². The lowest BCUT2D eigenvalue weighted by atomic mass is 10.1. The number of halogens is 4. The number of carbonyl (C=O) groups is 1. The summed E-state index contributed by atoms with van der Waals surface area (Å²) in [6.07, 6.45) is -2.15. The molecule has 1 heterocycles. The van der Waals surface area contributed by atoms with Crippen molar-refractivity contribution in [3.05, 3.63) is 28.8 Å². The minimum absolute atomic E-state index is 0.134. The molecule has 0 unspecified atom stereocenters. The number of nitrogens with zero attached hydrogens (tertiary/aromatic N) is 1. The summed E-state index contributed by atoms with van der Waals surface area (Å²) in [6, 6.07) is 0. The zero-order valence-electron chi connectivity index (χ0n) is 6.81. The standard InChI is InChI=1S/C8H5ClF3NO/c9-1-4-5(3-14)7(8(11)12)13-2-6(4)10/h2-3,8H,1H2. The lowest BCUT2D eigenvalue weighted by Crippen LogP contribution is -2.04. The van der Waals surface area contributed by atoms with Gasteiger partial charge >= 0.3 is 0 Å². The highest BCUT2D eigenvalue weighted by atomic mass is 35.5. The molecule has 0 aromatic carbocycles. The monoisotopic (exact) mass is 223 g/mol. The first-order valence-corrected chi connectivity index (χ1v) is 4.11. The van der Waals surface area contributed by atoms with E-state index in [1.54, 1.807) is 0 Å². The van der Waals surface area contributed by atoms with Crippen molar-refractivity contribution >= 4 is 17.9 Å². The van der Waals surface area contributed by atoms with Crippen molar-refractivity contribution in [2.24, 2.45) is 0 Å². The minimum Gasteiger partial charge on any atom is -0.298 e. The third-order valence-electron chi connectivity index (χ3n) is 1.66. The summed E-state index contributed by atoms with van der Waals surface area (Å²) in [5, 5.41) is 0. The van der Waals surface area contributed by atoms with E-state index in [4.69, 9.17) is 11.6 Å². The van der Waals surface area contributed by atoms with Crippen LogP contribution < -0.4 is 0 Å². The van der Waals surface area contributed by atoms with Gasteiger partial charge in [0.1, 0.15) is 11.5 Å². The molecular formula is C8H5ClF3NO. The molecule has 0 N–H and O–H groups in total. The summed E-state index contributed by atoms with van der Waals surface area (Å²) in [5.41, 5.74) is -1.45.